The van der Waals surface area contributed by atoms with Crippen LogP contribution in [0.25, 0.3) is 17.1 Å². The quantitative estimate of drug-likeness (QED) is 0.485. The Hall–Kier alpha value is -3.93. The Labute approximate surface area is 232 Å². The molecular formula is C29H33N7O4. The van der Waals surface area contributed by atoms with Crippen LogP contribution in [0.5, 0.6) is 5.75 Å². The lowest BCUT2D eigenvalue weighted by Gasteiger charge is -2.34. The maximum atomic E-state index is 13.4. The average molecular weight is 544 g/mol. The molecule has 1 aromatic carbocycles. The molecule has 2 unspecified atom stereocenters. The van der Waals surface area contributed by atoms with Crippen LogP contribution in [-0.4, -0.2) is 89.8 Å². The molecule has 3 fully saturated rings. The molecule has 3 saturated heterocycles. The number of urea groups is 1. The fraction of sp³-hybridized carbons (Fsp3) is 0.414. The van der Waals surface area contributed by atoms with Gasteiger partial charge in [-0.25, -0.2) is 14.8 Å². The molecule has 11 nitrogen and oxygen atoms in total. The van der Waals surface area contributed by atoms with Crippen molar-refractivity contribution in [3.05, 3.63) is 53.5 Å². The number of carbonyl (C=O) groups is 2. The van der Waals surface area contributed by atoms with Crippen LogP contribution in [-0.2, 0) is 11.8 Å². The number of aromatic nitrogens is 2. The van der Waals surface area contributed by atoms with Gasteiger partial charge in [0.15, 0.2) is 5.76 Å². The molecule has 0 saturated carbocycles. The Morgan fingerprint density at radius 2 is 1.85 bits per heavy atom. The normalized spacial score (nSPS) is 24.0. The van der Waals surface area contributed by atoms with E-state index in [4.69, 9.17) is 9.47 Å². The number of ketones is 1. The monoisotopic (exact) mass is 543 g/mol. The van der Waals surface area contributed by atoms with Crippen molar-refractivity contribution in [2.75, 3.05) is 56.5 Å². The van der Waals surface area contributed by atoms with Gasteiger partial charge >= 0.3 is 6.03 Å². The van der Waals surface area contributed by atoms with E-state index >= 15 is 0 Å². The Balaban J connectivity index is 1.12. The lowest BCUT2D eigenvalue weighted by molar-refractivity contribution is 0.0306. The van der Waals surface area contributed by atoms with Crippen molar-refractivity contribution in [3.8, 4) is 5.75 Å². The van der Waals surface area contributed by atoms with E-state index in [1.807, 2.05) is 35.1 Å². The third-order valence-corrected chi connectivity index (χ3v) is 8.22. The molecule has 208 valence electrons. The van der Waals surface area contributed by atoms with Crippen molar-refractivity contribution in [2.45, 2.75) is 25.0 Å². The summed E-state index contributed by atoms with van der Waals surface area (Å²) in [5, 5.41) is 5.73. The number of allylic oxidation sites excluding steroid dienone is 1. The maximum absolute atomic E-state index is 13.4. The molecule has 6 heterocycles. The predicted octanol–water partition coefficient (Wildman–Crippen LogP) is 2.84. The molecule has 3 aromatic rings. The van der Waals surface area contributed by atoms with Gasteiger partial charge in [0, 0.05) is 75.3 Å². The highest BCUT2D eigenvalue weighted by atomic mass is 16.5. The number of nitrogens with one attached hydrogen (secondary N) is 2. The number of fused-ring (bicyclic) bond motifs is 4. The maximum Gasteiger partial charge on any atom is 0.333 e. The largest absolute Gasteiger partial charge is 0.452 e. The highest BCUT2D eigenvalue weighted by molar-refractivity contribution is 6.16. The Kier molecular flexibility index (Phi) is 6.21. The SMILES string of the molecule is CN1CCN(NC(=O)Nc2ccc3c(c2)C(=O)C(=Cc2cn(C)c4nccc(N5CC6CCC(C5)O6)c24)O3)CC1. The number of rotatable bonds is 4. The number of likely N-dealkylation sites (N-methyl/N-ethyl adjacent to an activating group) is 1. The second-order valence-electron chi connectivity index (χ2n) is 11.1. The summed E-state index contributed by atoms with van der Waals surface area (Å²) in [6.45, 7) is 4.99. The van der Waals surface area contributed by atoms with E-state index in [9.17, 15) is 9.59 Å². The third kappa shape index (κ3) is 4.59. The van der Waals surface area contributed by atoms with Gasteiger partial charge in [0.2, 0.25) is 5.78 Å². The van der Waals surface area contributed by atoms with Gasteiger partial charge in [-0.3, -0.25) is 10.2 Å². The summed E-state index contributed by atoms with van der Waals surface area (Å²) in [5.41, 5.74) is 6.65. The van der Waals surface area contributed by atoms with Gasteiger partial charge in [-0.2, -0.15) is 0 Å². The number of hydrazine groups is 1. The summed E-state index contributed by atoms with van der Waals surface area (Å²) in [4.78, 5) is 35.2. The van der Waals surface area contributed by atoms with Gasteiger partial charge in [-0.05, 0) is 50.2 Å². The number of morpholine rings is 1. The third-order valence-electron chi connectivity index (χ3n) is 8.22. The van der Waals surface area contributed by atoms with Crippen LogP contribution in [0, 0.1) is 0 Å². The van der Waals surface area contributed by atoms with Crippen LogP contribution in [0.3, 0.4) is 0 Å². The molecule has 2 bridgehead atoms. The Morgan fingerprint density at radius 3 is 2.62 bits per heavy atom. The van der Waals surface area contributed by atoms with Crippen LogP contribution in [0.15, 0.2) is 42.4 Å². The summed E-state index contributed by atoms with van der Waals surface area (Å²) in [6.07, 6.45) is 8.33. The minimum atomic E-state index is -0.334. The summed E-state index contributed by atoms with van der Waals surface area (Å²) in [6, 6.07) is 6.84. The molecule has 0 spiro atoms. The number of aryl methyl sites for hydroxylation is 1. The van der Waals surface area contributed by atoms with E-state index in [-0.39, 0.29) is 29.8 Å². The van der Waals surface area contributed by atoms with E-state index in [0.717, 1.165) is 74.4 Å². The highest BCUT2D eigenvalue weighted by Gasteiger charge is 2.35. The molecule has 4 aliphatic heterocycles. The zero-order valence-electron chi connectivity index (χ0n) is 22.7. The second kappa shape index (κ2) is 9.92. The first-order valence-electron chi connectivity index (χ1n) is 13.8. The molecule has 2 N–H and O–H groups in total. The molecule has 0 radical (unpaired) electrons. The van der Waals surface area contributed by atoms with Gasteiger partial charge in [-0.1, -0.05) is 0 Å². The fourth-order valence-electron chi connectivity index (χ4n) is 6.13. The molecule has 2 atom stereocenters. The highest BCUT2D eigenvalue weighted by Crippen LogP contribution is 2.38. The summed E-state index contributed by atoms with van der Waals surface area (Å²) < 4.78 is 14.0. The van der Waals surface area contributed by atoms with E-state index in [0.29, 0.717) is 17.0 Å². The van der Waals surface area contributed by atoms with Crippen LogP contribution < -0.4 is 20.4 Å². The number of nitrogens with zero attached hydrogens (tertiary/aromatic N) is 5. The number of pyridine rings is 1. The number of piperazine rings is 1. The first kappa shape index (κ1) is 25.1. The first-order valence-corrected chi connectivity index (χ1v) is 13.8. The number of hydrogen-bond acceptors (Lipinski definition) is 8. The fourth-order valence-corrected chi connectivity index (χ4v) is 6.13. The van der Waals surface area contributed by atoms with E-state index in [2.05, 4.69) is 32.6 Å². The molecule has 0 aliphatic carbocycles. The van der Waals surface area contributed by atoms with E-state index in [1.54, 1.807) is 24.3 Å². The van der Waals surface area contributed by atoms with Gasteiger partial charge in [0.1, 0.15) is 11.4 Å². The van der Waals surface area contributed by atoms with Crippen molar-refractivity contribution in [2.24, 2.45) is 7.05 Å². The number of benzene rings is 1. The molecular weight excluding hydrogens is 510 g/mol. The lowest BCUT2D eigenvalue weighted by Crippen LogP contribution is -2.53. The van der Waals surface area contributed by atoms with Crippen LogP contribution in [0.2, 0.25) is 0 Å². The smallest absolute Gasteiger partial charge is 0.333 e. The summed E-state index contributed by atoms with van der Waals surface area (Å²) >= 11 is 0. The van der Waals surface area contributed by atoms with Crippen molar-refractivity contribution < 1.29 is 19.1 Å². The average Bonchev–Trinajstić information content (AvgIpc) is 3.57. The number of amides is 2. The molecule has 11 heteroatoms. The number of Topliss-reactive ketones (excluding diaryl/α,β-unsaturated/α-hetero) is 1. The molecule has 2 aromatic heterocycles. The second-order valence-corrected chi connectivity index (χ2v) is 11.1. The molecule has 40 heavy (non-hydrogen) atoms. The van der Waals surface area contributed by atoms with Gasteiger partial charge in [-0.15, -0.1) is 0 Å². The first-order chi connectivity index (χ1) is 19.4. The zero-order chi connectivity index (χ0) is 27.4. The van der Waals surface area contributed by atoms with Gasteiger partial charge in [0.05, 0.1) is 23.5 Å². The minimum absolute atomic E-state index is 0.218. The molecule has 2 amide bonds. The zero-order valence-corrected chi connectivity index (χ0v) is 22.7. The number of ether oxygens (including phenoxy) is 2. The minimum Gasteiger partial charge on any atom is -0.452 e. The van der Waals surface area contributed by atoms with Crippen LogP contribution in [0.1, 0.15) is 28.8 Å². The van der Waals surface area contributed by atoms with Gasteiger partial charge in [0.25, 0.3) is 0 Å². The Morgan fingerprint density at radius 1 is 1.07 bits per heavy atom. The van der Waals surface area contributed by atoms with Crippen molar-refractivity contribution in [1.82, 2.24) is 24.9 Å². The number of carbonyl (C=O) groups excluding carboxylic acids is 2. The number of hydrogen-bond donors (Lipinski definition) is 2. The summed E-state index contributed by atoms with van der Waals surface area (Å²) in [5.74, 6) is 0.507. The van der Waals surface area contributed by atoms with Crippen molar-refractivity contribution >= 4 is 40.3 Å². The van der Waals surface area contributed by atoms with E-state index < -0.39 is 0 Å². The van der Waals surface area contributed by atoms with Crippen molar-refractivity contribution in [3.63, 3.8) is 0 Å². The Bertz CT molecular complexity index is 1510. The van der Waals surface area contributed by atoms with Crippen LogP contribution in [0.4, 0.5) is 16.2 Å². The standard InChI is InChI=1S/C29H33N7O4/c1-33-9-11-36(12-10-33)32-29(38)31-19-3-6-24-22(14-19)27(37)25(40-24)13-18-15-34(2)28-26(18)23(7-8-30-28)35-16-20-4-5-21(17-35)39-20/h3,6-8,13-15,20-21H,4-5,9-12,16-17H2,1-2H3,(H2,31,32,38). The van der Waals surface area contributed by atoms with Crippen molar-refractivity contribution in [1.29, 1.82) is 0 Å². The molecule has 4 aliphatic rings. The lowest BCUT2D eigenvalue weighted by atomic mass is 10.1. The molecule has 7 rings (SSSR count). The van der Waals surface area contributed by atoms with E-state index in [1.165, 1.54) is 0 Å². The van der Waals surface area contributed by atoms with Crippen LogP contribution >= 0.6 is 0 Å². The summed E-state index contributed by atoms with van der Waals surface area (Å²) in [7, 11) is 4.02. The topological polar surface area (TPSA) is 104 Å². The number of anilines is 2. The van der Waals surface area contributed by atoms with Gasteiger partial charge < -0.3 is 29.2 Å². The predicted molar refractivity (Wildman–Crippen MR) is 151 cm³/mol.